The first-order valence-electron chi connectivity index (χ1n) is 7.09. The fraction of sp³-hybridized carbons (Fsp3) is 0.571. The number of halogens is 1. The first kappa shape index (κ1) is 16.5. The van der Waals surface area contributed by atoms with Crippen LogP contribution >= 0.6 is 11.6 Å². The number of benzene rings is 1. The maximum absolute atomic E-state index is 12.6. The van der Waals surface area contributed by atoms with Crippen LogP contribution in [-0.2, 0) is 10.0 Å². The number of nitrogens with zero attached hydrogens (tertiary/aromatic N) is 1. The zero-order valence-corrected chi connectivity index (χ0v) is 14.1. The van der Waals surface area contributed by atoms with Gasteiger partial charge in [0.1, 0.15) is 4.90 Å². The number of piperidine rings is 1. The van der Waals surface area contributed by atoms with Crippen molar-refractivity contribution in [1.29, 1.82) is 0 Å². The highest BCUT2D eigenvalue weighted by molar-refractivity contribution is 7.89. The van der Waals surface area contributed by atoms with Gasteiger partial charge in [-0.2, -0.15) is 0 Å². The van der Waals surface area contributed by atoms with E-state index in [-0.39, 0.29) is 22.0 Å². The summed E-state index contributed by atoms with van der Waals surface area (Å²) in [4.78, 5) is 2.69. The van der Waals surface area contributed by atoms with Gasteiger partial charge in [-0.05, 0) is 51.3 Å². The van der Waals surface area contributed by atoms with Crippen LogP contribution in [0.3, 0.4) is 0 Å². The molecule has 0 saturated carbocycles. The van der Waals surface area contributed by atoms with E-state index >= 15 is 0 Å². The fourth-order valence-corrected chi connectivity index (χ4v) is 4.52. The van der Waals surface area contributed by atoms with Crippen molar-refractivity contribution in [1.82, 2.24) is 9.84 Å². The van der Waals surface area contributed by atoms with E-state index in [0.717, 1.165) is 24.8 Å². The van der Waals surface area contributed by atoms with Gasteiger partial charge in [-0.1, -0.05) is 18.0 Å². The molecule has 1 aliphatic rings. The van der Waals surface area contributed by atoms with E-state index < -0.39 is 10.0 Å². The van der Waals surface area contributed by atoms with Gasteiger partial charge in [0.2, 0.25) is 0 Å². The molecule has 1 aromatic rings. The third-order valence-electron chi connectivity index (χ3n) is 4.03. The zero-order valence-electron chi connectivity index (χ0n) is 12.6. The summed E-state index contributed by atoms with van der Waals surface area (Å²) in [6, 6.07) is 3.31. The van der Waals surface area contributed by atoms with Crippen LogP contribution in [0.2, 0.25) is 5.02 Å². The van der Waals surface area contributed by atoms with Crippen molar-refractivity contribution in [3.8, 4) is 0 Å². The first-order valence-corrected chi connectivity index (χ1v) is 8.95. The van der Waals surface area contributed by atoms with Crippen molar-refractivity contribution >= 4 is 27.3 Å². The second kappa shape index (κ2) is 6.12. The maximum atomic E-state index is 12.6. The summed E-state index contributed by atoms with van der Waals surface area (Å²) in [5, 5.41) is 1.98. The molecule has 0 aromatic heterocycles. The lowest BCUT2D eigenvalue weighted by Crippen LogP contribution is -2.53. The number of rotatable bonds is 3. The highest BCUT2D eigenvalue weighted by Crippen LogP contribution is 2.28. The Labute approximate surface area is 131 Å². The zero-order chi connectivity index (χ0) is 15.8. The quantitative estimate of drug-likeness (QED) is 0.835. The Kier molecular flexibility index (Phi) is 4.82. The molecule has 1 aliphatic heterocycles. The van der Waals surface area contributed by atoms with Gasteiger partial charge in [0.05, 0.1) is 5.02 Å². The van der Waals surface area contributed by atoms with Gasteiger partial charge < -0.3 is 5.73 Å². The number of nitrogens with one attached hydrogen (secondary N) is 1. The van der Waals surface area contributed by atoms with Crippen LogP contribution in [0.15, 0.2) is 17.0 Å². The minimum absolute atomic E-state index is 0.0252. The Morgan fingerprint density at radius 1 is 1.29 bits per heavy atom. The van der Waals surface area contributed by atoms with E-state index in [1.54, 1.807) is 18.0 Å². The third-order valence-corrected chi connectivity index (χ3v) is 5.82. The van der Waals surface area contributed by atoms with Gasteiger partial charge in [-0.15, -0.1) is 4.83 Å². The normalized spacial score (nSPS) is 24.2. The van der Waals surface area contributed by atoms with Crippen molar-refractivity contribution in [3.63, 3.8) is 0 Å². The number of hydrogen-bond acceptors (Lipinski definition) is 4. The Hall–Kier alpha value is -0.820. The van der Waals surface area contributed by atoms with E-state index in [1.807, 2.05) is 13.8 Å². The van der Waals surface area contributed by atoms with Gasteiger partial charge >= 0.3 is 0 Å². The Morgan fingerprint density at radius 3 is 2.43 bits per heavy atom. The summed E-state index contributed by atoms with van der Waals surface area (Å²) in [6.45, 7) is 5.83. The molecule has 1 aromatic carbocycles. The first-order chi connectivity index (χ1) is 9.72. The number of sulfonamides is 1. The van der Waals surface area contributed by atoms with Crippen molar-refractivity contribution in [3.05, 3.63) is 22.7 Å². The summed E-state index contributed by atoms with van der Waals surface area (Å²) in [6.07, 6.45) is 3.05. The lowest BCUT2D eigenvalue weighted by molar-refractivity contribution is 0.0790. The molecule has 2 unspecified atom stereocenters. The molecule has 2 rings (SSSR count). The lowest BCUT2D eigenvalue weighted by atomic mass is 10.0. The largest absolute Gasteiger partial charge is 0.398 e. The minimum Gasteiger partial charge on any atom is -0.398 e. The van der Waals surface area contributed by atoms with Gasteiger partial charge in [0.25, 0.3) is 10.0 Å². The van der Waals surface area contributed by atoms with Crippen LogP contribution in [0.1, 0.15) is 38.7 Å². The molecule has 1 fully saturated rings. The van der Waals surface area contributed by atoms with Gasteiger partial charge in [-0.3, -0.25) is 0 Å². The van der Waals surface area contributed by atoms with Crippen LogP contribution < -0.4 is 10.6 Å². The minimum atomic E-state index is -3.73. The predicted molar refractivity (Wildman–Crippen MR) is 85.5 cm³/mol. The predicted octanol–water partition coefficient (Wildman–Crippen LogP) is 2.69. The highest BCUT2D eigenvalue weighted by Gasteiger charge is 2.30. The van der Waals surface area contributed by atoms with Crippen LogP contribution in [0.25, 0.3) is 0 Å². The number of nitrogens with two attached hydrogens (primary N) is 1. The molecule has 7 heteroatoms. The molecule has 5 nitrogen and oxygen atoms in total. The fourth-order valence-electron chi connectivity index (χ4n) is 2.66. The third kappa shape index (κ3) is 3.51. The Bertz CT molecular complexity index is 623. The van der Waals surface area contributed by atoms with Gasteiger partial charge in [-0.25, -0.2) is 13.4 Å². The van der Waals surface area contributed by atoms with Crippen LogP contribution in [0.4, 0.5) is 5.69 Å². The number of hydrazine groups is 1. The molecule has 0 radical (unpaired) electrons. The van der Waals surface area contributed by atoms with E-state index in [0.29, 0.717) is 5.69 Å². The highest BCUT2D eigenvalue weighted by atomic mass is 35.5. The number of nitrogen functional groups attached to an aromatic ring is 1. The maximum Gasteiger partial charge on any atom is 0.255 e. The molecule has 0 bridgehead atoms. The molecule has 2 atom stereocenters. The summed E-state index contributed by atoms with van der Waals surface area (Å²) >= 11 is 6.08. The monoisotopic (exact) mass is 331 g/mol. The van der Waals surface area contributed by atoms with Crippen molar-refractivity contribution in [2.75, 3.05) is 5.73 Å². The summed E-state index contributed by atoms with van der Waals surface area (Å²) in [7, 11) is -3.73. The lowest BCUT2D eigenvalue weighted by Gasteiger charge is -2.38. The summed E-state index contributed by atoms with van der Waals surface area (Å²) in [5.41, 5.74) is 6.99. The van der Waals surface area contributed by atoms with Crippen LogP contribution in [-0.4, -0.2) is 25.5 Å². The van der Waals surface area contributed by atoms with Crippen LogP contribution in [0, 0.1) is 6.92 Å². The molecule has 0 spiro atoms. The Morgan fingerprint density at radius 2 is 1.86 bits per heavy atom. The van der Waals surface area contributed by atoms with E-state index in [9.17, 15) is 8.42 Å². The van der Waals surface area contributed by atoms with Gasteiger partial charge in [0, 0.05) is 17.8 Å². The average Bonchev–Trinajstić information content (AvgIpc) is 2.38. The van der Waals surface area contributed by atoms with Crippen molar-refractivity contribution in [2.45, 2.75) is 57.0 Å². The van der Waals surface area contributed by atoms with Crippen molar-refractivity contribution in [2.24, 2.45) is 0 Å². The molecular formula is C14H22ClN3O2S. The van der Waals surface area contributed by atoms with Crippen LogP contribution in [0.5, 0.6) is 0 Å². The number of hydrogen-bond donors (Lipinski definition) is 2. The van der Waals surface area contributed by atoms with E-state index in [2.05, 4.69) is 4.83 Å². The Balaban J connectivity index is 2.32. The molecule has 1 saturated heterocycles. The summed E-state index contributed by atoms with van der Waals surface area (Å²) < 4.78 is 25.2. The topological polar surface area (TPSA) is 75.4 Å². The standard InChI is InChI=1S/C14H22ClN3O2S/c1-9-7-12(15)14(8-13(9)16)21(19,20)17-18-10(2)5-4-6-11(18)3/h7-8,10-11,17H,4-6,16H2,1-3H3. The molecule has 1 heterocycles. The molecular weight excluding hydrogens is 310 g/mol. The molecule has 3 N–H and O–H groups in total. The average molecular weight is 332 g/mol. The number of aryl methyl sites for hydroxylation is 1. The smallest absolute Gasteiger partial charge is 0.255 e. The van der Waals surface area contributed by atoms with E-state index in [4.69, 9.17) is 17.3 Å². The second-order valence-corrected chi connectivity index (χ2v) is 7.81. The molecule has 118 valence electrons. The molecule has 21 heavy (non-hydrogen) atoms. The SMILES string of the molecule is Cc1cc(Cl)c(S(=O)(=O)NN2C(C)CCCC2C)cc1N. The molecule has 0 amide bonds. The van der Waals surface area contributed by atoms with Crippen molar-refractivity contribution < 1.29 is 8.42 Å². The van der Waals surface area contributed by atoms with E-state index in [1.165, 1.54) is 6.07 Å². The second-order valence-electron chi connectivity index (χ2n) is 5.77. The molecule has 0 aliphatic carbocycles. The number of anilines is 1. The summed E-state index contributed by atoms with van der Waals surface area (Å²) in [5.74, 6) is 0. The van der Waals surface area contributed by atoms with Gasteiger partial charge in [0.15, 0.2) is 0 Å².